The lowest BCUT2D eigenvalue weighted by Crippen LogP contribution is -2.42. The second kappa shape index (κ2) is 24.6. The molecule has 3 N–H and O–H groups in total. The molecule has 0 aliphatic carbocycles. The number of rotatable bonds is 20. The van der Waals surface area contributed by atoms with Crippen LogP contribution in [-0.4, -0.2) is 53.3 Å². The standard InChI is InChI=1S/C31H26Cl4O5.C12H13NO6/c32-26-11-13-28(39-15-21-7-3-1-4-8-21)30(34)24(26)19-37-17-23(36)18-38-20-25-27(33)12-14-29(31(25)35)40-16-22-9-5-2-6-10-22;14-10(15)6-9(11(16)17)13-12(18)19-7-8-4-2-1-3-5-8/h1-14H,15-20H2;1-5,9H,6-7H2,(H,13,18)(H,14,15)(H,16,17)/t;9-/m.0/s1. The Morgan fingerprint density at radius 1 is 0.542 bits per heavy atom. The van der Waals surface area contributed by atoms with Gasteiger partial charge in [-0.25, -0.2) is 9.59 Å². The molecule has 1 amide bonds. The first kappa shape index (κ1) is 46.4. The summed E-state index contributed by atoms with van der Waals surface area (Å²) in [7, 11) is 0. The van der Waals surface area contributed by atoms with Gasteiger partial charge in [0.25, 0.3) is 0 Å². The van der Waals surface area contributed by atoms with Gasteiger partial charge in [0.05, 0.1) is 29.7 Å². The second-order valence-electron chi connectivity index (χ2n) is 12.4. The smallest absolute Gasteiger partial charge is 0.408 e. The molecule has 16 heteroatoms. The molecule has 5 aromatic carbocycles. The Balaban J connectivity index is 0.000000340. The molecule has 0 saturated carbocycles. The number of carboxylic acids is 2. The number of benzene rings is 5. The summed E-state index contributed by atoms with van der Waals surface area (Å²) in [6, 6.07) is 33.5. The van der Waals surface area contributed by atoms with Gasteiger partial charge in [-0.05, 0) is 41.0 Å². The van der Waals surface area contributed by atoms with Crippen molar-refractivity contribution < 1.29 is 53.1 Å². The van der Waals surface area contributed by atoms with Crippen LogP contribution in [0.2, 0.25) is 20.1 Å². The van der Waals surface area contributed by atoms with Crippen molar-refractivity contribution in [3.05, 3.63) is 163 Å². The maximum atomic E-state index is 12.4. The van der Waals surface area contributed by atoms with Crippen LogP contribution in [0, 0.1) is 0 Å². The lowest BCUT2D eigenvalue weighted by atomic mass is 10.2. The van der Waals surface area contributed by atoms with E-state index in [2.05, 4.69) is 0 Å². The molecule has 0 aliphatic heterocycles. The molecule has 0 bridgehead atoms. The van der Waals surface area contributed by atoms with Crippen LogP contribution in [0.1, 0.15) is 34.2 Å². The number of carbonyl (C=O) groups excluding carboxylic acids is 2. The third-order valence-electron chi connectivity index (χ3n) is 7.98. The molecule has 5 aromatic rings. The van der Waals surface area contributed by atoms with Crippen LogP contribution in [0.4, 0.5) is 4.79 Å². The number of amides is 1. The van der Waals surface area contributed by atoms with Crippen LogP contribution in [0.15, 0.2) is 115 Å². The Kier molecular flexibility index (Phi) is 19.3. The molecule has 0 spiro atoms. The molecule has 59 heavy (non-hydrogen) atoms. The summed E-state index contributed by atoms with van der Waals surface area (Å²) in [6.07, 6.45) is -1.69. The summed E-state index contributed by atoms with van der Waals surface area (Å²) >= 11 is 25.7. The van der Waals surface area contributed by atoms with Gasteiger partial charge in [0.15, 0.2) is 5.78 Å². The average Bonchev–Trinajstić information content (AvgIpc) is 3.23. The number of ether oxygens (including phenoxy) is 5. The summed E-state index contributed by atoms with van der Waals surface area (Å²) in [5.41, 5.74) is 3.82. The van der Waals surface area contributed by atoms with Gasteiger partial charge < -0.3 is 39.2 Å². The predicted octanol–water partition coefficient (Wildman–Crippen LogP) is 9.60. The molecule has 0 radical (unpaired) electrons. The van der Waals surface area contributed by atoms with Crippen molar-refractivity contribution in [3.8, 4) is 11.5 Å². The summed E-state index contributed by atoms with van der Waals surface area (Å²) in [6.45, 7) is 0.372. The number of hydrogen-bond acceptors (Lipinski definition) is 9. The fourth-order valence-electron chi connectivity index (χ4n) is 4.97. The van der Waals surface area contributed by atoms with Gasteiger partial charge in [-0.1, -0.05) is 137 Å². The number of ketones is 1. The van der Waals surface area contributed by atoms with Crippen LogP contribution in [0.3, 0.4) is 0 Å². The molecule has 0 unspecified atom stereocenters. The second-order valence-corrected chi connectivity index (χ2v) is 14.0. The van der Waals surface area contributed by atoms with E-state index in [1.54, 1.807) is 54.6 Å². The van der Waals surface area contributed by atoms with E-state index in [1.807, 2.05) is 66.0 Å². The van der Waals surface area contributed by atoms with Gasteiger partial charge in [-0.15, -0.1) is 0 Å². The van der Waals surface area contributed by atoms with Crippen molar-refractivity contribution in [1.29, 1.82) is 0 Å². The zero-order chi connectivity index (χ0) is 42.6. The van der Waals surface area contributed by atoms with E-state index in [4.69, 9.17) is 80.3 Å². The Morgan fingerprint density at radius 2 is 0.949 bits per heavy atom. The lowest BCUT2D eigenvalue weighted by Gasteiger charge is -2.14. The van der Waals surface area contributed by atoms with Gasteiger partial charge >= 0.3 is 18.0 Å². The minimum atomic E-state index is -1.51. The lowest BCUT2D eigenvalue weighted by molar-refractivity contribution is -0.145. The maximum Gasteiger partial charge on any atom is 0.408 e. The third kappa shape index (κ3) is 16.1. The molecule has 0 fully saturated rings. The number of halogens is 4. The molecular formula is C43H39Cl4NO11. The Morgan fingerprint density at radius 3 is 1.34 bits per heavy atom. The Hall–Kier alpha value is -5.34. The van der Waals surface area contributed by atoms with Crippen LogP contribution in [0.5, 0.6) is 11.5 Å². The third-order valence-corrected chi connectivity index (χ3v) is 9.51. The summed E-state index contributed by atoms with van der Waals surface area (Å²) < 4.78 is 27.6. The number of nitrogens with one attached hydrogen (secondary N) is 1. The zero-order valence-electron chi connectivity index (χ0n) is 31.3. The molecule has 12 nitrogen and oxygen atoms in total. The van der Waals surface area contributed by atoms with E-state index in [0.717, 1.165) is 16.7 Å². The first-order chi connectivity index (χ1) is 28.4. The van der Waals surface area contributed by atoms with Crippen molar-refractivity contribution in [2.75, 3.05) is 13.2 Å². The van der Waals surface area contributed by atoms with E-state index in [1.165, 1.54) is 0 Å². The average molecular weight is 888 g/mol. The van der Waals surface area contributed by atoms with Crippen molar-refractivity contribution in [2.24, 2.45) is 0 Å². The first-order valence-corrected chi connectivity index (χ1v) is 19.3. The molecule has 1 atom stereocenters. The molecule has 0 saturated heterocycles. The molecule has 0 aromatic heterocycles. The highest BCUT2D eigenvalue weighted by Crippen LogP contribution is 2.35. The van der Waals surface area contributed by atoms with E-state index in [0.29, 0.717) is 55.9 Å². The first-order valence-electron chi connectivity index (χ1n) is 17.8. The van der Waals surface area contributed by atoms with Crippen LogP contribution in [-0.2, 0) is 61.6 Å². The highest BCUT2D eigenvalue weighted by atomic mass is 35.5. The summed E-state index contributed by atoms with van der Waals surface area (Å²) in [5.74, 6) is -2.07. The highest BCUT2D eigenvalue weighted by molar-refractivity contribution is 6.37. The number of alkyl carbamates (subject to hydrolysis) is 1. The van der Waals surface area contributed by atoms with Gasteiger partial charge in [0.1, 0.15) is 50.6 Å². The van der Waals surface area contributed by atoms with E-state index in [-0.39, 0.29) is 38.8 Å². The van der Waals surface area contributed by atoms with Gasteiger partial charge in [-0.2, -0.15) is 0 Å². The molecule has 0 aliphatic rings. The highest BCUT2D eigenvalue weighted by Gasteiger charge is 2.23. The van der Waals surface area contributed by atoms with Gasteiger partial charge in [0.2, 0.25) is 0 Å². The summed E-state index contributed by atoms with van der Waals surface area (Å²) in [5, 5.41) is 20.7. The number of Topliss-reactive ketones (excluding diaryl/α,β-unsaturated/α-hetero) is 1. The van der Waals surface area contributed by atoms with Gasteiger partial charge in [0, 0.05) is 21.2 Å². The number of carbonyl (C=O) groups is 4. The fraction of sp³-hybridized carbons (Fsp3) is 0.209. The monoisotopic (exact) mass is 885 g/mol. The maximum absolute atomic E-state index is 12.4. The SMILES string of the molecule is O=C(COCc1c(Cl)ccc(OCc2ccccc2)c1Cl)COCc1c(Cl)ccc(OCc2ccccc2)c1Cl.O=C(O)C[C@H](NC(=O)OCc1ccccc1)C(=O)O. The summed E-state index contributed by atoms with van der Waals surface area (Å²) in [4.78, 5) is 44.8. The van der Waals surface area contributed by atoms with Crippen molar-refractivity contribution in [2.45, 2.75) is 45.5 Å². The Labute approximate surface area is 360 Å². The molecule has 310 valence electrons. The minimum absolute atomic E-state index is 0.0217. The quantitative estimate of drug-likeness (QED) is 0.0681. The van der Waals surface area contributed by atoms with Crippen molar-refractivity contribution in [1.82, 2.24) is 5.32 Å². The fourth-order valence-corrected chi connectivity index (χ4v) is 6.04. The van der Waals surface area contributed by atoms with Crippen molar-refractivity contribution in [3.63, 3.8) is 0 Å². The molecular weight excluding hydrogens is 848 g/mol. The number of aliphatic carboxylic acids is 2. The zero-order valence-corrected chi connectivity index (χ0v) is 34.3. The topological polar surface area (TPSA) is 167 Å². The van der Waals surface area contributed by atoms with E-state index in [9.17, 15) is 19.2 Å². The van der Waals surface area contributed by atoms with Crippen LogP contribution < -0.4 is 14.8 Å². The van der Waals surface area contributed by atoms with Crippen molar-refractivity contribution >= 4 is 70.2 Å². The van der Waals surface area contributed by atoms with Crippen LogP contribution >= 0.6 is 46.4 Å². The van der Waals surface area contributed by atoms with Crippen LogP contribution in [0.25, 0.3) is 0 Å². The largest absolute Gasteiger partial charge is 0.487 e. The van der Waals surface area contributed by atoms with E-state index >= 15 is 0 Å². The molecule has 0 heterocycles. The normalized spacial score (nSPS) is 11.1. The number of carboxylic acid groups (broad SMARTS) is 2. The Bertz CT molecular complexity index is 2040. The van der Waals surface area contributed by atoms with Gasteiger partial charge in [-0.3, -0.25) is 9.59 Å². The number of hydrogen-bond donors (Lipinski definition) is 3. The minimum Gasteiger partial charge on any atom is -0.487 e. The molecule has 5 rings (SSSR count). The predicted molar refractivity (Wildman–Crippen MR) is 222 cm³/mol. The van der Waals surface area contributed by atoms with E-state index < -0.39 is 30.5 Å².